The van der Waals surface area contributed by atoms with Gasteiger partial charge in [0.1, 0.15) is 11.4 Å². The first-order chi connectivity index (χ1) is 10.8. The second-order valence-corrected chi connectivity index (χ2v) is 7.04. The van der Waals surface area contributed by atoms with Gasteiger partial charge < -0.3 is 10.8 Å². The number of benzene rings is 1. The predicted molar refractivity (Wildman–Crippen MR) is 98.0 cm³/mol. The summed E-state index contributed by atoms with van der Waals surface area (Å²) in [5, 5.41) is 12.0. The summed E-state index contributed by atoms with van der Waals surface area (Å²) in [4.78, 5) is 8.34. The van der Waals surface area contributed by atoms with Crippen molar-refractivity contribution in [1.29, 1.82) is 0 Å². The maximum absolute atomic E-state index is 11.3. The van der Waals surface area contributed by atoms with Gasteiger partial charge in [0.25, 0.3) is 0 Å². The number of hydrogen-bond acceptors (Lipinski definition) is 2. The summed E-state index contributed by atoms with van der Waals surface area (Å²) in [6.45, 7) is 6.21. The maximum Gasteiger partial charge on any atom is 0.121 e. The van der Waals surface area contributed by atoms with E-state index in [1.54, 1.807) is 6.92 Å². The molecule has 0 heterocycles. The van der Waals surface area contributed by atoms with E-state index >= 15 is 0 Å². The summed E-state index contributed by atoms with van der Waals surface area (Å²) >= 11 is 5.93. The highest BCUT2D eigenvalue weighted by Gasteiger charge is 2.50. The summed E-state index contributed by atoms with van der Waals surface area (Å²) in [6, 6.07) is 7.61. The molecule has 0 spiro atoms. The van der Waals surface area contributed by atoms with Gasteiger partial charge in [-0.2, -0.15) is 0 Å². The van der Waals surface area contributed by atoms with Crippen LogP contribution in [0.3, 0.4) is 0 Å². The molecule has 1 aliphatic rings. The monoisotopic (exact) mass is 333 g/mol. The number of nitrogens with zero attached hydrogens (tertiary/aromatic N) is 2. The molecule has 124 valence electrons. The Morgan fingerprint density at radius 3 is 2.61 bits per heavy atom. The molecular formula is C18H24ClN3O. The Labute approximate surface area is 142 Å². The van der Waals surface area contributed by atoms with Crippen LogP contribution in [0.15, 0.2) is 39.8 Å². The topological polar surface area (TPSA) is 71.0 Å². The van der Waals surface area contributed by atoms with Crippen molar-refractivity contribution >= 4 is 29.9 Å². The Balaban J connectivity index is 2.34. The molecule has 1 saturated carbocycles. The lowest BCUT2D eigenvalue weighted by molar-refractivity contribution is -0.00423. The van der Waals surface area contributed by atoms with Gasteiger partial charge in [0.05, 0.1) is 12.9 Å². The van der Waals surface area contributed by atoms with Crippen LogP contribution in [0.5, 0.6) is 0 Å². The van der Waals surface area contributed by atoms with E-state index in [2.05, 4.69) is 23.8 Å². The van der Waals surface area contributed by atoms with Gasteiger partial charge in [-0.3, -0.25) is 4.99 Å². The number of halogens is 1. The molecular weight excluding hydrogens is 310 g/mol. The van der Waals surface area contributed by atoms with Crippen LogP contribution in [0.1, 0.15) is 39.2 Å². The Morgan fingerprint density at radius 1 is 1.35 bits per heavy atom. The highest BCUT2D eigenvalue weighted by atomic mass is 35.5. The normalized spacial score (nSPS) is 26.3. The van der Waals surface area contributed by atoms with Crippen molar-refractivity contribution in [3.63, 3.8) is 0 Å². The summed E-state index contributed by atoms with van der Waals surface area (Å²) in [5.74, 6) is 0.564. The minimum absolute atomic E-state index is 0.249. The third-order valence-electron chi connectivity index (χ3n) is 4.68. The lowest BCUT2D eigenvalue weighted by Crippen LogP contribution is -2.44. The molecule has 3 N–H and O–H groups in total. The minimum Gasteiger partial charge on any atom is -0.390 e. The van der Waals surface area contributed by atoms with Crippen LogP contribution >= 0.6 is 11.6 Å². The zero-order chi connectivity index (χ0) is 17.1. The van der Waals surface area contributed by atoms with Gasteiger partial charge in [-0.25, -0.2) is 4.99 Å². The molecule has 0 amide bonds. The zero-order valence-corrected chi connectivity index (χ0v) is 14.6. The predicted octanol–water partition coefficient (Wildman–Crippen LogP) is 3.68. The lowest BCUT2D eigenvalue weighted by Gasteiger charge is -2.36. The van der Waals surface area contributed by atoms with Crippen LogP contribution in [0, 0.1) is 5.41 Å². The van der Waals surface area contributed by atoms with E-state index in [1.807, 2.05) is 30.3 Å². The molecule has 1 aromatic carbocycles. The van der Waals surface area contributed by atoms with Crippen molar-refractivity contribution in [1.82, 2.24) is 0 Å². The average molecular weight is 334 g/mol. The molecule has 0 saturated heterocycles. The Morgan fingerprint density at radius 2 is 2.00 bits per heavy atom. The summed E-state index contributed by atoms with van der Waals surface area (Å²) in [6.07, 6.45) is 5.02. The van der Waals surface area contributed by atoms with E-state index in [0.717, 1.165) is 24.0 Å². The van der Waals surface area contributed by atoms with Gasteiger partial charge in [0.15, 0.2) is 0 Å². The highest BCUT2D eigenvalue weighted by Crippen LogP contribution is 2.50. The fraction of sp³-hybridized carbons (Fsp3) is 0.444. The molecule has 2 rings (SSSR count). The van der Waals surface area contributed by atoms with Crippen molar-refractivity contribution in [2.75, 3.05) is 6.54 Å². The van der Waals surface area contributed by atoms with E-state index in [-0.39, 0.29) is 12.0 Å². The van der Waals surface area contributed by atoms with Crippen LogP contribution in [-0.2, 0) is 0 Å². The fourth-order valence-corrected chi connectivity index (χ4v) is 3.07. The SMILES string of the molecule is CC(N=CN)=NCC1(O)/C(=C/c2ccc(Cl)cc2)CCC1(C)C. The van der Waals surface area contributed by atoms with Crippen LogP contribution in [0.25, 0.3) is 6.08 Å². The highest BCUT2D eigenvalue weighted by molar-refractivity contribution is 6.30. The van der Waals surface area contributed by atoms with Gasteiger partial charge in [0.2, 0.25) is 0 Å². The van der Waals surface area contributed by atoms with E-state index in [1.165, 1.54) is 6.34 Å². The molecule has 4 nitrogen and oxygen atoms in total. The molecule has 1 aromatic rings. The molecule has 0 aromatic heterocycles. The second-order valence-electron chi connectivity index (χ2n) is 6.61. The minimum atomic E-state index is -0.988. The first-order valence-electron chi connectivity index (χ1n) is 7.73. The summed E-state index contributed by atoms with van der Waals surface area (Å²) in [7, 11) is 0. The molecule has 1 aliphatic carbocycles. The number of amidine groups is 1. The quantitative estimate of drug-likeness (QED) is 0.654. The van der Waals surface area contributed by atoms with Crippen molar-refractivity contribution < 1.29 is 5.11 Å². The molecule has 0 aliphatic heterocycles. The van der Waals surface area contributed by atoms with E-state index in [4.69, 9.17) is 17.3 Å². The maximum atomic E-state index is 11.3. The van der Waals surface area contributed by atoms with Crippen LogP contribution in [-0.4, -0.2) is 29.4 Å². The Hall–Kier alpha value is -1.65. The first-order valence-corrected chi connectivity index (χ1v) is 8.10. The molecule has 5 heteroatoms. The van der Waals surface area contributed by atoms with Crippen LogP contribution < -0.4 is 5.73 Å². The van der Waals surface area contributed by atoms with Crippen molar-refractivity contribution in [2.24, 2.45) is 21.1 Å². The Bertz CT molecular complexity index is 647. The molecule has 0 radical (unpaired) electrons. The van der Waals surface area contributed by atoms with Gasteiger partial charge >= 0.3 is 0 Å². The number of nitrogens with two attached hydrogens (primary N) is 1. The van der Waals surface area contributed by atoms with Crippen molar-refractivity contribution in [3.8, 4) is 0 Å². The first kappa shape index (κ1) is 17.7. The van der Waals surface area contributed by atoms with Crippen molar-refractivity contribution in [2.45, 2.75) is 39.2 Å². The van der Waals surface area contributed by atoms with Crippen molar-refractivity contribution in [3.05, 3.63) is 40.4 Å². The Kier molecular flexibility index (Phi) is 5.27. The van der Waals surface area contributed by atoms with Crippen LogP contribution in [0.2, 0.25) is 5.02 Å². The molecule has 0 bridgehead atoms. The largest absolute Gasteiger partial charge is 0.390 e. The lowest BCUT2D eigenvalue weighted by atomic mass is 9.76. The molecule has 1 unspecified atom stereocenters. The standard InChI is InChI=1S/C18H24ClN3O/c1-13(22-12-20)21-11-18(23)15(8-9-17(18,2)3)10-14-4-6-16(19)7-5-14/h4-7,10,12,23H,8-9,11H2,1-3H3,(H2,20,21,22)/b15-10+. The molecule has 1 fully saturated rings. The number of rotatable bonds is 3. The smallest absolute Gasteiger partial charge is 0.121 e. The van der Waals surface area contributed by atoms with Gasteiger partial charge in [-0.05, 0) is 48.4 Å². The second kappa shape index (κ2) is 6.85. The van der Waals surface area contributed by atoms with E-state index in [9.17, 15) is 5.11 Å². The fourth-order valence-electron chi connectivity index (χ4n) is 2.94. The number of aliphatic hydroxyl groups is 1. The van der Waals surface area contributed by atoms with E-state index in [0.29, 0.717) is 10.9 Å². The van der Waals surface area contributed by atoms with E-state index < -0.39 is 5.60 Å². The molecule has 23 heavy (non-hydrogen) atoms. The van der Waals surface area contributed by atoms with Gasteiger partial charge in [0, 0.05) is 5.02 Å². The third-order valence-corrected chi connectivity index (χ3v) is 4.93. The average Bonchev–Trinajstić information content (AvgIpc) is 2.72. The van der Waals surface area contributed by atoms with Gasteiger partial charge in [-0.15, -0.1) is 0 Å². The number of aliphatic imine (C=N–C) groups is 2. The van der Waals surface area contributed by atoms with Crippen LogP contribution in [0.4, 0.5) is 0 Å². The summed E-state index contributed by atoms with van der Waals surface area (Å²) in [5.41, 5.74) is 6.07. The summed E-state index contributed by atoms with van der Waals surface area (Å²) < 4.78 is 0. The van der Waals surface area contributed by atoms with Gasteiger partial charge in [-0.1, -0.05) is 43.7 Å². The third kappa shape index (κ3) is 3.82. The molecule has 1 atom stereocenters. The zero-order valence-electron chi connectivity index (χ0n) is 13.9. The number of hydrogen-bond donors (Lipinski definition) is 2.